The number of nitrogens with one attached hydrogen (secondary N) is 1. The zero-order valence-corrected chi connectivity index (χ0v) is 22.9. The maximum Gasteiger partial charge on any atom is 0.255 e. The molecule has 39 heavy (non-hydrogen) atoms. The molecule has 1 aromatic heterocycles. The third-order valence-corrected chi connectivity index (χ3v) is 7.61. The fourth-order valence-corrected chi connectivity index (χ4v) is 5.26. The Bertz CT molecular complexity index is 1470. The molecule has 5 rings (SSSR count). The molecule has 8 nitrogen and oxygen atoms in total. The minimum atomic E-state index is -0.205. The Morgan fingerprint density at radius 2 is 1.85 bits per heavy atom. The first kappa shape index (κ1) is 26.5. The molecule has 2 heterocycles. The van der Waals surface area contributed by atoms with E-state index in [1.807, 2.05) is 71.1 Å². The van der Waals surface area contributed by atoms with E-state index in [2.05, 4.69) is 28.5 Å². The smallest absolute Gasteiger partial charge is 0.255 e. The predicted molar refractivity (Wildman–Crippen MR) is 154 cm³/mol. The Balaban J connectivity index is 1.21. The molecule has 1 aliphatic rings. The van der Waals surface area contributed by atoms with Crippen molar-refractivity contribution >= 4 is 35.0 Å². The molecule has 1 aliphatic heterocycles. The van der Waals surface area contributed by atoms with Gasteiger partial charge in [-0.05, 0) is 60.9 Å². The van der Waals surface area contributed by atoms with Crippen LogP contribution in [0.4, 0.5) is 11.4 Å². The van der Waals surface area contributed by atoms with Crippen LogP contribution < -0.4 is 15.0 Å². The van der Waals surface area contributed by atoms with Gasteiger partial charge in [-0.2, -0.15) is 0 Å². The van der Waals surface area contributed by atoms with Crippen molar-refractivity contribution < 1.29 is 14.3 Å². The average molecular weight is 542 g/mol. The average Bonchev–Trinajstić information content (AvgIpc) is 3.56. The fourth-order valence-electron chi connectivity index (χ4n) is 4.47. The van der Waals surface area contributed by atoms with Crippen LogP contribution >= 0.6 is 11.8 Å². The number of carbonyl (C=O) groups is 2. The Labute approximate surface area is 232 Å². The Morgan fingerprint density at radius 3 is 2.67 bits per heavy atom. The first-order valence-electron chi connectivity index (χ1n) is 13.1. The summed E-state index contributed by atoms with van der Waals surface area (Å²) < 4.78 is 7.55. The predicted octanol–water partition coefficient (Wildman–Crippen LogP) is 5.59. The number of hydrogen-bond donors (Lipinski definition) is 1. The van der Waals surface area contributed by atoms with Crippen molar-refractivity contribution in [2.24, 2.45) is 7.05 Å². The molecule has 0 unspecified atom stereocenters. The number of hydrogen-bond acceptors (Lipinski definition) is 6. The Morgan fingerprint density at radius 1 is 1.03 bits per heavy atom. The quantitative estimate of drug-likeness (QED) is 0.208. The van der Waals surface area contributed by atoms with E-state index in [-0.39, 0.29) is 17.6 Å². The molecule has 0 bridgehead atoms. The van der Waals surface area contributed by atoms with Crippen LogP contribution in [0.15, 0.2) is 78.0 Å². The van der Waals surface area contributed by atoms with Gasteiger partial charge in [0.25, 0.3) is 5.91 Å². The minimum Gasteiger partial charge on any atom is -0.494 e. The van der Waals surface area contributed by atoms with Crippen LogP contribution in [0.3, 0.4) is 0 Å². The molecule has 0 saturated heterocycles. The van der Waals surface area contributed by atoms with E-state index in [0.29, 0.717) is 35.4 Å². The molecule has 0 spiro atoms. The number of fused-ring (bicyclic) bond motifs is 1. The number of amides is 2. The highest BCUT2D eigenvalue weighted by molar-refractivity contribution is 7.99. The van der Waals surface area contributed by atoms with Crippen molar-refractivity contribution in [1.82, 2.24) is 14.8 Å². The van der Waals surface area contributed by atoms with Crippen LogP contribution in [0.25, 0.3) is 11.4 Å². The summed E-state index contributed by atoms with van der Waals surface area (Å²) in [6, 6.07) is 22.7. The number of thioether (sulfide) groups is 1. The zero-order valence-electron chi connectivity index (χ0n) is 22.1. The summed E-state index contributed by atoms with van der Waals surface area (Å²) in [4.78, 5) is 27.6. The van der Waals surface area contributed by atoms with E-state index < -0.39 is 0 Å². The van der Waals surface area contributed by atoms with Gasteiger partial charge in [0.2, 0.25) is 5.91 Å². The van der Waals surface area contributed by atoms with E-state index in [1.165, 1.54) is 17.3 Å². The maximum atomic E-state index is 12.9. The Hall–Kier alpha value is -4.11. The SMILES string of the molecule is CCCCOc1ccc(C(=O)Nc2cccc(-c3nnc(SCC(=O)N4CCc5ccccc54)n3C)c2)cc1. The summed E-state index contributed by atoms with van der Waals surface area (Å²) in [5.74, 6) is 1.54. The molecule has 0 atom stereocenters. The number of rotatable bonds is 10. The summed E-state index contributed by atoms with van der Waals surface area (Å²) in [6.45, 7) is 3.49. The maximum absolute atomic E-state index is 12.9. The Kier molecular flexibility index (Phi) is 8.27. The lowest BCUT2D eigenvalue weighted by Crippen LogP contribution is -2.30. The van der Waals surface area contributed by atoms with E-state index in [4.69, 9.17) is 4.74 Å². The van der Waals surface area contributed by atoms with Crippen molar-refractivity contribution in [1.29, 1.82) is 0 Å². The molecular formula is C30H31N5O3S. The van der Waals surface area contributed by atoms with Crippen LogP contribution in [0, 0.1) is 0 Å². The van der Waals surface area contributed by atoms with Crippen LogP contribution in [0.1, 0.15) is 35.7 Å². The third kappa shape index (κ3) is 6.15. The number of carbonyl (C=O) groups excluding carboxylic acids is 2. The molecule has 0 aliphatic carbocycles. The standard InChI is InChI=1S/C30H31N5O3S/c1-3-4-18-38-25-14-12-22(13-15-25)29(37)31-24-10-7-9-23(19-24)28-32-33-30(34(28)2)39-20-27(36)35-17-16-21-8-5-6-11-26(21)35/h5-15,19H,3-4,16-18,20H2,1-2H3,(H,31,37). The molecular weight excluding hydrogens is 510 g/mol. The summed E-state index contributed by atoms with van der Waals surface area (Å²) >= 11 is 1.37. The summed E-state index contributed by atoms with van der Waals surface area (Å²) in [5.41, 5.74) is 4.22. The summed E-state index contributed by atoms with van der Waals surface area (Å²) in [5, 5.41) is 12.3. The first-order valence-corrected chi connectivity index (χ1v) is 14.1. The number of aromatic nitrogens is 3. The highest BCUT2D eigenvalue weighted by atomic mass is 32.2. The van der Waals surface area contributed by atoms with Gasteiger partial charge in [0.1, 0.15) is 5.75 Å². The number of benzene rings is 3. The van der Waals surface area contributed by atoms with Gasteiger partial charge in [-0.3, -0.25) is 9.59 Å². The monoisotopic (exact) mass is 541 g/mol. The van der Waals surface area contributed by atoms with Crippen molar-refractivity contribution in [2.75, 3.05) is 29.1 Å². The van der Waals surface area contributed by atoms with E-state index >= 15 is 0 Å². The van der Waals surface area contributed by atoms with Gasteiger partial charge in [-0.25, -0.2) is 0 Å². The lowest BCUT2D eigenvalue weighted by molar-refractivity contribution is -0.116. The van der Waals surface area contributed by atoms with E-state index in [9.17, 15) is 9.59 Å². The zero-order chi connectivity index (χ0) is 27.2. The van der Waals surface area contributed by atoms with Crippen molar-refractivity contribution in [2.45, 2.75) is 31.3 Å². The van der Waals surface area contributed by atoms with Gasteiger partial charge in [0.15, 0.2) is 11.0 Å². The molecule has 1 N–H and O–H groups in total. The van der Waals surface area contributed by atoms with Crippen molar-refractivity contribution in [3.05, 3.63) is 83.9 Å². The largest absolute Gasteiger partial charge is 0.494 e. The van der Waals surface area contributed by atoms with Gasteiger partial charge in [-0.1, -0.05) is 55.4 Å². The number of ether oxygens (including phenoxy) is 1. The molecule has 3 aromatic carbocycles. The molecule has 200 valence electrons. The van der Waals surface area contributed by atoms with Crippen LogP contribution in [-0.2, 0) is 18.3 Å². The lowest BCUT2D eigenvalue weighted by Gasteiger charge is -2.16. The number of para-hydroxylation sites is 1. The topological polar surface area (TPSA) is 89.3 Å². The van der Waals surface area contributed by atoms with Crippen molar-refractivity contribution in [3.63, 3.8) is 0 Å². The second-order valence-electron chi connectivity index (χ2n) is 9.34. The lowest BCUT2D eigenvalue weighted by atomic mass is 10.1. The second kappa shape index (κ2) is 12.2. The fraction of sp³-hybridized carbons (Fsp3) is 0.267. The van der Waals surface area contributed by atoms with Crippen molar-refractivity contribution in [3.8, 4) is 17.1 Å². The van der Waals surface area contributed by atoms with Crippen LogP contribution in [0.2, 0.25) is 0 Å². The molecule has 0 saturated carbocycles. The van der Waals surface area contributed by atoms with Gasteiger partial charge in [0, 0.05) is 36.1 Å². The second-order valence-corrected chi connectivity index (χ2v) is 10.3. The van der Waals surface area contributed by atoms with E-state index in [1.54, 1.807) is 12.1 Å². The van der Waals surface area contributed by atoms with Gasteiger partial charge < -0.3 is 19.5 Å². The van der Waals surface area contributed by atoms with Gasteiger partial charge in [0.05, 0.1) is 12.4 Å². The number of anilines is 2. The minimum absolute atomic E-state index is 0.0553. The first-order chi connectivity index (χ1) is 19.0. The highest BCUT2D eigenvalue weighted by Crippen LogP contribution is 2.30. The summed E-state index contributed by atoms with van der Waals surface area (Å²) in [7, 11) is 1.88. The highest BCUT2D eigenvalue weighted by Gasteiger charge is 2.24. The van der Waals surface area contributed by atoms with E-state index in [0.717, 1.165) is 36.3 Å². The van der Waals surface area contributed by atoms with Crippen LogP contribution in [-0.4, -0.2) is 45.5 Å². The molecule has 0 fully saturated rings. The molecule has 0 radical (unpaired) electrons. The summed E-state index contributed by atoms with van der Waals surface area (Å²) in [6.07, 6.45) is 2.95. The molecule has 9 heteroatoms. The van der Waals surface area contributed by atoms with Gasteiger partial charge in [-0.15, -0.1) is 10.2 Å². The number of nitrogens with zero attached hydrogens (tertiary/aromatic N) is 4. The van der Waals surface area contributed by atoms with Crippen LogP contribution in [0.5, 0.6) is 5.75 Å². The molecule has 4 aromatic rings. The third-order valence-electron chi connectivity index (χ3n) is 6.61. The molecule has 2 amide bonds. The van der Waals surface area contributed by atoms with Gasteiger partial charge >= 0.3 is 0 Å². The number of unbranched alkanes of at least 4 members (excludes halogenated alkanes) is 1. The normalized spacial score (nSPS) is 12.3.